The second-order valence-corrected chi connectivity index (χ2v) is 10.2. The molecule has 1 aromatic carbocycles. The molecule has 3 aliphatic rings. The SMILES string of the molecule is CN=C(NCC1CCCN(C)C1c1cccc(Cl)c1)N1CCC(CN2CCCCC2)C1.I. The van der Waals surface area contributed by atoms with Crippen molar-refractivity contribution < 1.29 is 0 Å². The van der Waals surface area contributed by atoms with Crippen molar-refractivity contribution >= 4 is 41.5 Å². The van der Waals surface area contributed by atoms with Crippen molar-refractivity contribution in [2.75, 3.05) is 59.9 Å². The number of hydrogen-bond donors (Lipinski definition) is 1. The minimum absolute atomic E-state index is 0. The molecule has 0 bridgehead atoms. The molecule has 180 valence electrons. The Kier molecular flexibility index (Phi) is 10.4. The van der Waals surface area contributed by atoms with Gasteiger partial charge in [0, 0.05) is 44.3 Å². The fourth-order valence-corrected chi connectivity index (χ4v) is 6.13. The number of nitrogens with zero attached hydrogens (tertiary/aromatic N) is 4. The quantitative estimate of drug-likeness (QED) is 0.314. The zero-order chi connectivity index (χ0) is 21.6. The topological polar surface area (TPSA) is 34.1 Å². The molecule has 0 spiro atoms. The highest BCUT2D eigenvalue weighted by atomic mass is 127. The first-order chi connectivity index (χ1) is 15.1. The summed E-state index contributed by atoms with van der Waals surface area (Å²) in [6.45, 7) is 8.22. The molecule has 4 rings (SSSR count). The van der Waals surface area contributed by atoms with Crippen molar-refractivity contribution in [3.05, 3.63) is 34.9 Å². The van der Waals surface area contributed by atoms with Crippen LogP contribution in [0, 0.1) is 11.8 Å². The predicted octanol–water partition coefficient (Wildman–Crippen LogP) is 4.72. The number of likely N-dealkylation sites (tertiary alicyclic amines) is 3. The van der Waals surface area contributed by atoms with E-state index in [-0.39, 0.29) is 24.0 Å². The smallest absolute Gasteiger partial charge is 0.193 e. The molecule has 0 aromatic heterocycles. The van der Waals surface area contributed by atoms with Crippen LogP contribution in [-0.4, -0.2) is 80.6 Å². The lowest BCUT2D eigenvalue weighted by Gasteiger charge is -2.40. The van der Waals surface area contributed by atoms with Crippen LogP contribution in [0.1, 0.15) is 50.1 Å². The molecular weight excluding hydrogens is 533 g/mol. The number of halogens is 2. The van der Waals surface area contributed by atoms with Crippen LogP contribution < -0.4 is 5.32 Å². The normalized spacial score (nSPS) is 27.9. The first-order valence-corrected chi connectivity index (χ1v) is 12.7. The van der Waals surface area contributed by atoms with Gasteiger partial charge in [-0.25, -0.2) is 0 Å². The predicted molar refractivity (Wildman–Crippen MR) is 146 cm³/mol. The summed E-state index contributed by atoms with van der Waals surface area (Å²) in [6, 6.07) is 8.82. The highest BCUT2D eigenvalue weighted by Crippen LogP contribution is 2.35. The Bertz CT molecular complexity index is 739. The van der Waals surface area contributed by atoms with E-state index in [9.17, 15) is 0 Å². The van der Waals surface area contributed by atoms with Gasteiger partial charge in [0.25, 0.3) is 0 Å². The van der Waals surface area contributed by atoms with Crippen molar-refractivity contribution in [2.45, 2.75) is 44.6 Å². The largest absolute Gasteiger partial charge is 0.356 e. The Morgan fingerprint density at radius 2 is 1.91 bits per heavy atom. The second-order valence-electron chi connectivity index (χ2n) is 9.77. The molecule has 3 heterocycles. The monoisotopic (exact) mass is 573 g/mol. The Morgan fingerprint density at radius 1 is 1.09 bits per heavy atom. The van der Waals surface area contributed by atoms with Crippen molar-refractivity contribution in [1.82, 2.24) is 20.0 Å². The van der Waals surface area contributed by atoms with Gasteiger partial charge in [0.2, 0.25) is 0 Å². The lowest BCUT2D eigenvalue weighted by Crippen LogP contribution is -2.46. The lowest BCUT2D eigenvalue weighted by atomic mass is 9.85. The second kappa shape index (κ2) is 12.8. The first kappa shape index (κ1) is 26.0. The molecule has 3 aliphatic heterocycles. The summed E-state index contributed by atoms with van der Waals surface area (Å²) in [7, 11) is 4.18. The van der Waals surface area contributed by atoms with E-state index < -0.39 is 0 Å². The van der Waals surface area contributed by atoms with Crippen LogP contribution in [0.3, 0.4) is 0 Å². The van der Waals surface area contributed by atoms with E-state index in [1.54, 1.807) is 0 Å². The van der Waals surface area contributed by atoms with E-state index in [1.807, 2.05) is 13.1 Å². The summed E-state index contributed by atoms with van der Waals surface area (Å²) in [5.74, 6) is 2.41. The van der Waals surface area contributed by atoms with Gasteiger partial charge in [-0.05, 0) is 88.3 Å². The van der Waals surface area contributed by atoms with Gasteiger partial charge in [-0.3, -0.25) is 9.89 Å². The minimum Gasteiger partial charge on any atom is -0.356 e. The van der Waals surface area contributed by atoms with Crippen molar-refractivity contribution in [1.29, 1.82) is 0 Å². The molecule has 3 atom stereocenters. The molecule has 0 saturated carbocycles. The summed E-state index contributed by atoms with van der Waals surface area (Å²) in [5.41, 5.74) is 1.33. The van der Waals surface area contributed by atoms with E-state index in [0.29, 0.717) is 12.0 Å². The highest BCUT2D eigenvalue weighted by Gasteiger charge is 2.32. The third-order valence-corrected chi connectivity index (χ3v) is 7.72. The molecule has 3 saturated heterocycles. The summed E-state index contributed by atoms with van der Waals surface area (Å²) < 4.78 is 0. The molecular formula is C25H41ClIN5. The molecule has 1 aromatic rings. The van der Waals surface area contributed by atoms with E-state index in [0.717, 1.165) is 43.1 Å². The van der Waals surface area contributed by atoms with Gasteiger partial charge in [-0.15, -0.1) is 24.0 Å². The average Bonchev–Trinajstić information content (AvgIpc) is 3.23. The third-order valence-electron chi connectivity index (χ3n) is 7.48. The average molecular weight is 574 g/mol. The maximum absolute atomic E-state index is 6.32. The van der Waals surface area contributed by atoms with Crippen molar-refractivity contribution in [3.8, 4) is 0 Å². The molecule has 0 aliphatic carbocycles. The van der Waals surface area contributed by atoms with Crippen molar-refractivity contribution in [2.24, 2.45) is 16.8 Å². The molecule has 7 heteroatoms. The first-order valence-electron chi connectivity index (χ1n) is 12.3. The summed E-state index contributed by atoms with van der Waals surface area (Å²) in [5, 5.41) is 4.57. The minimum atomic E-state index is 0. The summed E-state index contributed by atoms with van der Waals surface area (Å²) in [4.78, 5) is 12.3. The van der Waals surface area contributed by atoms with Crippen LogP contribution in [0.15, 0.2) is 29.3 Å². The van der Waals surface area contributed by atoms with Crippen LogP contribution in [0.5, 0.6) is 0 Å². The third kappa shape index (κ3) is 6.73. The molecule has 5 nitrogen and oxygen atoms in total. The molecule has 1 N–H and O–H groups in total. The summed E-state index contributed by atoms with van der Waals surface area (Å²) in [6.07, 6.45) is 7.95. The van der Waals surface area contributed by atoms with Gasteiger partial charge in [-0.2, -0.15) is 0 Å². The number of nitrogens with one attached hydrogen (secondary N) is 1. The highest BCUT2D eigenvalue weighted by molar-refractivity contribution is 14.0. The Hall–Kier alpha value is -0.570. The number of piperidine rings is 2. The number of aliphatic imine (C=N–C) groups is 1. The van der Waals surface area contributed by atoms with Crippen LogP contribution in [0.2, 0.25) is 5.02 Å². The van der Waals surface area contributed by atoms with E-state index in [1.165, 1.54) is 63.7 Å². The Labute approximate surface area is 217 Å². The Balaban J connectivity index is 0.00000289. The van der Waals surface area contributed by atoms with E-state index in [4.69, 9.17) is 11.6 Å². The standard InChI is InChI=1S/C25H40ClN5.HI/c1-27-25(31-15-11-20(19-31)18-30-13-4-3-5-14-30)28-17-22-9-7-12-29(2)24(22)21-8-6-10-23(26)16-21;/h6,8,10,16,20,22,24H,3-5,7,9,11-15,17-19H2,1-2H3,(H,27,28);1H. The lowest BCUT2D eigenvalue weighted by molar-refractivity contribution is 0.122. The van der Waals surface area contributed by atoms with Crippen LogP contribution in [-0.2, 0) is 0 Å². The van der Waals surface area contributed by atoms with Gasteiger partial charge in [0.1, 0.15) is 0 Å². The summed E-state index contributed by atoms with van der Waals surface area (Å²) >= 11 is 6.32. The maximum atomic E-state index is 6.32. The van der Waals surface area contributed by atoms with Gasteiger partial charge >= 0.3 is 0 Å². The molecule has 3 unspecified atom stereocenters. The molecule has 32 heavy (non-hydrogen) atoms. The molecule has 3 fully saturated rings. The number of hydrogen-bond acceptors (Lipinski definition) is 3. The molecule has 0 amide bonds. The maximum Gasteiger partial charge on any atom is 0.193 e. The van der Waals surface area contributed by atoms with Crippen LogP contribution in [0.4, 0.5) is 0 Å². The van der Waals surface area contributed by atoms with Gasteiger partial charge in [0.15, 0.2) is 5.96 Å². The van der Waals surface area contributed by atoms with Gasteiger partial charge in [-0.1, -0.05) is 30.2 Å². The van der Waals surface area contributed by atoms with Crippen molar-refractivity contribution in [3.63, 3.8) is 0 Å². The zero-order valence-corrected chi connectivity index (χ0v) is 22.9. The zero-order valence-electron chi connectivity index (χ0n) is 19.8. The fourth-order valence-electron chi connectivity index (χ4n) is 5.93. The Morgan fingerprint density at radius 3 is 2.66 bits per heavy atom. The number of benzene rings is 1. The number of rotatable bonds is 5. The molecule has 0 radical (unpaired) electrons. The fraction of sp³-hybridized carbons (Fsp3) is 0.720. The van der Waals surface area contributed by atoms with Crippen LogP contribution in [0.25, 0.3) is 0 Å². The van der Waals surface area contributed by atoms with E-state index >= 15 is 0 Å². The van der Waals surface area contributed by atoms with Gasteiger partial charge < -0.3 is 15.1 Å². The van der Waals surface area contributed by atoms with Crippen LogP contribution >= 0.6 is 35.6 Å². The van der Waals surface area contributed by atoms with E-state index in [2.05, 4.69) is 50.3 Å². The number of guanidine groups is 1. The van der Waals surface area contributed by atoms with Gasteiger partial charge in [0.05, 0.1) is 0 Å².